The molecule has 8 nitrogen and oxygen atoms in total. The molecular weight excluding hydrogens is 477 g/mol. The second-order valence-electron chi connectivity index (χ2n) is 8.56. The van der Waals surface area contributed by atoms with E-state index in [2.05, 4.69) is 25.3 Å². The Hall–Kier alpha value is -2.42. The van der Waals surface area contributed by atoms with Gasteiger partial charge in [0.05, 0.1) is 33.4 Å². The van der Waals surface area contributed by atoms with Crippen molar-refractivity contribution in [2.45, 2.75) is 51.4 Å². The number of nitrogens with zero attached hydrogens (tertiary/aromatic N) is 3. The maximum absolute atomic E-state index is 13.1. The molecule has 3 aromatic rings. The van der Waals surface area contributed by atoms with Crippen LogP contribution in [0.3, 0.4) is 0 Å². The van der Waals surface area contributed by atoms with E-state index in [1.165, 1.54) is 44.5 Å². The van der Waals surface area contributed by atoms with Gasteiger partial charge in [-0.15, -0.1) is 0 Å². The van der Waals surface area contributed by atoms with Crippen molar-refractivity contribution in [2.24, 2.45) is 5.92 Å². The highest BCUT2D eigenvalue weighted by Gasteiger charge is 2.20. The molecule has 0 spiro atoms. The zero-order valence-electron chi connectivity index (χ0n) is 19.2. The molecule has 10 heteroatoms. The van der Waals surface area contributed by atoms with Crippen LogP contribution in [-0.2, 0) is 4.74 Å². The minimum atomic E-state index is 0.0157. The van der Waals surface area contributed by atoms with Gasteiger partial charge in [0, 0.05) is 25.9 Å². The SMILES string of the molecule is COCCOc1nc2nc(Nc3c(Cl)cncc3Cl)[nH]c2cc1C(=O)CCCC1CCCCC1. The summed E-state index contributed by atoms with van der Waals surface area (Å²) in [5, 5.41) is 3.78. The number of rotatable bonds is 11. The van der Waals surface area contributed by atoms with Crippen LogP contribution in [0.1, 0.15) is 61.7 Å². The molecule has 182 valence electrons. The zero-order valence-corrected chi connectivity index (χ0v) is 20.7. The quantitative estimate of drug-likeness (QED) is 0.230. The van der Waals surface area contributed by atoms with Crippen LogP contribution in [0.15, 0.2) is 18.5 Å². The number of Topliss-reactive ketones (excluding diaryl/α,β-unsaturated/α-hetero) is 1. The second kappa shape index (κ2) is 11.8. The van der Waals surface area contributed by atoms with Crippen molar-refractivity contribution in [3.63, 3.8) is 0 Å². The predicted octanol–water partition coefficient (Wildman–Crippen LogP) is 6.36. The number of ether oxygens (including phenoxy) is 2. The molecule has 0 aromatic carbocycles. The van der Waals surface area contributed by atoms with E-state index >= 15 is 0 Å². The van der Waals surface area contributed by atoms with E-state index in [1.54, 1.807) is 13.2 Å². The van der Waals surface area contributed by atoms with Gasteiger partial charge in [-0.3, -0.25) is 9.78 Å². The Bertz CT molecular complexity index is 1110. The number of H-pyrrole nitrogens is 1. The number of aromatic nitrogens is 4. The summed E-state index contributed by atoms with van der Waals surface area (Å²) in [5.74, 6) is 1.42. The average Bonchev–Trinajstić information content (AvgIpc) is 3.23. The van der Waals surface area contributed by atoms with Crippen LogP contribution in [0, 0.1) is 5.92 Å². The highest BCUT2D eigenvalue weighted by molar-refractivity contribution is 6.39. The summed E-state index contributed by atoms with van der Waals surface area (Å²) < 4.78 is 10.9. The average molecular weight is 506 g/mol. The molecule has 3 heterocycles. The second-order valence-corrected chi connectivity index (χ2v) is 9.38. The number of pyridine rings is 2. The van der Waals surface area contributed by atoms with Gasteiger partial charge in [0.2, 0.25) is 11.8 Å². The molecule has 0 saturated heterocycles. The largest absolute Gasteiger partial charge is 0.475 e. The van der Waals surface area contributed by atoms with Gasteiger partial charge in [0.25, 0.3) is 0 Å². The van der Waals surface area contributed by atoms with Gasteiger partial charge >= 0.3 is 0 Å². The molecule has 1 aliphatic carbocycles. The number of nitrogens with one attached hydrogen (secondary N) is 2. The summed E-state index contributed by atoms with van der Waals surface area (Å²) >= 11 is 12.4. The third kappa shape index (κ3) is 6.17. The fourth-order valence-corrected chi connectivity index (χ4v) is 4.79. The summed E-state index contributed by atoms with van der Waals surface area (Å²) in [5.41, 5.74) is 1.95. The Morgan fingerprint density at radius 2 is 1.91 bits per heavy atom. The Balaban J connectivity index is 1.53. The highest BCUT2D eigenvalue weighted by atomic mass is 35.5. The molecule has 0 unspecified atom stereocenters. The van der Waals surface area contributed by atoms with Crippen LogP contribution in [0.5, 0.6) is 5.88 Å². The lowest BCUT2D eigenvalue weighted by Crippen LogP contribution is -2.11. The highest BCUT2D eigenvalue weighted by Crippen LogP contribution is 2.32. The van der Waals surface area contributed by atoms with Crippen molar-refractivity contribution in [1.29, 1.82) is 0 Å². The van der Waals surface area contributed by atoms with Gasteiger partial charge < -0.3 is 19.8 Å². The van der Waals surface area contributed by atoms with E-state index in [-0.39, 0.29) is 18.3 Å². The first-order valence-electron chi connectivity index (χ1n) is 11.7. The monoisotopic (exact) mass is 505 g/mol. The number of fused-ring (bicyclic) bond motifs is 1. The predicted molar refractivity (Wildman–Crippen MR) is 134 cm³/mol. The van der Waals surface area contributed by atoms with Crippen molar-refractivity contribution in [3.8, 4) is 5.88 Å². The van der Waals surface area contributed by atoms with Crippen LogP contribution < -0.4 is 10.1 Å². The van der Waals surface area contributed by atoms with E-state index < -0.39 is 0 Å². The van der Waals surface area contributed by atoms with Crippen LogP contribution in [0.25, 0.3) is 11.2 Å². The summed E-state index contributed by atoms with van der Waals surface area (Å²) in [7, 11) is 1.60. The molecule has 0 amide bonds. The molecule has 3 aromatic heterocycles. The first-order chi connectivity index (χ1) is 16.5. The summed E-state index contributed by atoms with van der Waals surface area (Å²) in [6.07, 6.45) is 11.9. The zero-order chi connectivity index (χ0) is 23.9. The fourth-order valence-electron chi connectivity index (χ4n) is 4.33. The molecule has 1 aliphatic rings. The number of imidazole rings is 1. The number of carbonyl (C=O) groups excluding carboxylic acids is 1. The first kappa shape index (κ1) is 24.7. The Morgan fingerprint density at radius 3 is 2.65 bits per heavy atom. The Kier molecular flexibility index (Phi) is 8.59. The maximum atomic E-state index is 13.1. The molecular formula is C24H29Cl2N5O3. The molecule has 0 radical (unpaired) electrons. The van der Waals surface area contributed by atoms with E-state index in [4.69, 9.17) is 32.7 Å². The lowest BCUT2D eigenvalue weighted by molar-refractivity contribution is 0.0967. The number of hydrogen-bond acceptors (Lipinski definition) is 7. The van der Waals surface area contributed by atoms with Gasteiger partial charge in [0.1, 0.15) is 6.61 Å². The number of methoxy groups -OCH3 is 1. The number of carbonyl (C=O) groups is 1. The van der Waals surface area contributed by atoms with Crippen molar-refractivity contribution in [3.05, 3.63) is 34.1 Å². The Labute approximate surface area is 208 Å². The number of ketones is 1. The number of anilines is 2. The summed E-state index contributed by atoms with van der Waals surface area (Å²) in [4.78, 5) is 29.2. The van der Waals surface area contributed by atoms with Gasteiger partial charge in [-0.1, -0.05) is 61.7 Å². The lowest BCUT2D eigenvalue weighted by atomic mass is 9.85. The number of halogens is 2. The number of hydrogen-bond donors (Lipinski definition) is 2. The minimum absolute atomic E-state index is 0.0157. The normalized spacial score (nSPS) is 14.4. The lowest BCUT2D eigenvalue weighted by Gasteiger charge is -2.21. The van der Waals surface area contributed by atoms with E-state index in [0.29, 0.717) is 51.4 Å². The molecule has 0 atom stereocenters. The van der Waals surface area contributed by atoms with Crippen LogP contribution in [0.2, 0.25) is 10.0 Å². The summed E-state index contributed by atoms with van der Waals surface area (Å²) in [6.45, 7) is 0.677. The van der Waals surface area contributed by atoms with Crippen molar-refractivity contribution < 1.29 is 14.3 Å². The standard InChI is InChI=1S/C24H29Cl2N5O3/c1-33-10-11-34-23-16(20(32)9-5-8-15-6-3-2-4-7-15)12-19-22(30-23)31-24(28-19)29-21-17(25)13-27-14-18(21)26/h12-15H,2-11H2,1H3,(H2,27,28,29,30,31). The maximum Gasteiger partial charge on any atom is 0.226 e. The summed E-state index contributed by atoms with van der Waals surface area (Å²) in [6, 6.07) is 1.75. The molecule has 0 bridgehead atoms. The molecule has 1 saturated carbocycles. The topological polar surface area (TPSA) is 102 Å². The fraction of sp³-hybridized carbons (Fsp3) is 0.500. The molecule has 1 fully saturated rings. The minimum Gasteiger partial charge on any atom is -0.475 e. The van der Waals surface area contributed by atoms with Crippen LogP contribution in [0.4, 0.5) is 11.6 Å². The van der Waals surface area contributed by atoms with Gasteiger partial charge in [-0.25, -0.2) is 0 Å². The van der Waals surface area contributed by atoms with Crippen molar-refractivity contribution in [2.75, 3.05) is 25.6 Å². The third-order valence-corrected chi connectivity index (χ3v) is 6.68. The smallest absolute Gasteiger partial charge is 0.226 e. The molecule has 4 rings (SSSR count). The molecule has 34 heavy (non-hydrogen) atoms. The van der Waals surface area contributed by atoms with Gasteiger partial charge in [-0.05, 0) is 18.4 Å². The molecule has 2 N–H and O–H groups in total. The van der Waals surface area contributed by atoms with Crippen molar-refractivity contribution in [1.82, 2.24) is 19.9 Å². The van der Waals surface area contributed by atoms with Gasteiger partial charge in [-0.2, -0.15) is 9.97 Å². The van der Waals surface area contributed by atoms with Crippen LogP contribution >= 0.6 is 23.2 Å². The van der Waals surface area contributed by atoms with Gasteiger partial charge in [0.15, 0.2) is 11.4 Å². The third-order valence-electron chi connectivity index (χ3n) is 6.10. The first-order valence-corrected chi connectivity index (χ1v) is 12.4. The Morgan fingerprint density at radius 1 is 1.15 bits per heavy atom. The van der Waals surface area contributed by atoms with Crippen LogP contribution in [-0.4, -0.2) is 46.0 Å². The van der Waals surface area contributed by atoms with E-state index in [9.17, 15) is 4.79 Å². The van der Waals surface area contributed by atoms with E-state index in [0.717, 1.165) is 18.8 Å². The van der Waals surface area contributed by atoms with Crippen molar-refractivity contribution >= 4 is 51.8 Å². The molecule has 0 aliphatic heterocycles. The number of aromatic amines is 1. The van der Waals surface area contributed by atoms with E-state index in [1.807, 2.05) is 0 Å².